The van der Waals surface area contributed by atoms with Gasteiger partial charge in [0, 0.05) is 50.9 Å². The zero-order valence-corrected chi connectivity index (χ0v) is 20.2. The predicted molar refractivity (Wildman–Crippen MR) is 135 cm³/mol. The molecule has 1 fully saturated rings. The molecule has 0 amide bonds. The number of hydrogen-bond acceptors (Lipinski definition) is 5. The molecule has 0 saturated carbocycles. The van der Waals surface area contributed by atoms with Crippen LogP contribution < -0.4 is 14.8 Å². The maximum Gasteiger partial charge on any atom is 0.141 e. The van der Waals surface area contributed by atoms with Crippen molar-refractivity contribution in [3.8, 4) is 22.9 Å². The number of nitrogens with one attached hydrogen (secondary N) is 1. The van der Waals surface area contributed by atoms with Gasteiger partial charge in [0.1, 0.15) is 23.9 Å². The number of imidazole rings is 1. The Balaban J connectivity index is 1.54. The fourth-order valence-electron chi connectivity index (χ4n) is 4.24. The van der Waals surface area contributed by atoms with Gasteiger partial charge in [-0.2, -0.15) is 0 Å². The van der Waals surface area contributed by atoms with Gasteiger partial charge in [0.2, 0.25) is 0 Å². The fraction of sp³-hybridized carbons (Fsp3) is 0.519. The lowest BCUT2D eigenvalue weighted by atomic mass is 10.2. The third-order valence-electron chi connectivity index (χ3n) is 6.20. The van der Waals surface area contributed by atoms with Crippen molar-refractivity contribution < 1.29 is 9.47 Å². The van der Waals surface area contributed by atoms with Gasteiger partial charge in [-0.05, 0) is 37.1 Å². The smallest absolute Gasteiger partial charge is 0.141 e. The third-order valence-corrected chi connectivity index (χ3v) is 6.20. The molecule has 1 aliphatic heterocycles. The number of hydrogen-bond donors (Lipinski definition) is 1. The average Bonchev–Trinajstić information content (AvgIpc) is 3.21. The SMILES string of the molecule is CCCCOc1cccc(-c2nc3ccc(OCCN4CCNCC4)cc3n2CCCC)c1. The van der Waals surface area contributed by atoms with E-state index >= 15 is 0 Å². The standard InChI is InChI=1S/C27H38N4O2/c1-3-5-14-31-26-21-24(33-19-17-30-15-12-28-13-16-30)10-11-25(26)29-27(31)22-8-7-9-23(20-22)32-18-6-4-2/h7-11,20-21,28H,3-6,12-19H2,1-2H3. The van der Waals surface area contributed by atoms with E-state index in [0.717, 1.165) is 105 Å². The van der Waals surface area contributed by atoms with Crippen LogP contribution in [0.4, 0.5) is 0 Å². The first-order chi connectivity index (χ1) is 16.3. The lowest BCUT2D eigenvalue weighted by Crippen LogP contribution is -2.44. The van der Waals surface area contributed by atoms with Crippen LogP contribution in [0, 0.1) is 0 Å². The monoisotopic (exact) mass is 450 g/mol. The van der Waals surface area contributed by atoms with E-state index in [-0.39, 0.29) is 0 Å². The first kappa shape index (κ1) is 23.6. The summed E-state index contributed by atoms with van der Waals surface area (Å²) in [6.45, 7) is 12.1. The van der Waals surface area contributed by atoms with Crippen LogP contribution in [-0.2, 0) is 6.54 Å². The van der Waals surface area contributed by atoms with Crippen molar-refractivity contribution in [2.24, 2.45) is 0 Å². The molecule has 1 saturated heterocycles. The van der Waals surface area contributed by atoms with E-state index in [1.54, 1.807) is 0 Å². The lowest BCUT2D eigenvalue weighted by Gasteiger charge is -2.26. The maximum atomic E-state index is 6.14. The summed E-state index contributed by atoms with van der Waals surface area (Å²) in [5.41, 5.74) is 3.24. The van der Waals surface area contributed by atoms with E-state index in [0.29, 0.717) is 6.61 Å². The Bertz CT molecular complexity index is 1010. The van der Waals surface area contributed by atoms with Gasteiger partial charge in [0.15, 0.2) is 0 Å². The highest BCUT2D eigenvalue weighted by molar-refractivity contribution is 5.82. The normalized spacial score (nSPS) is 14.6. The van der Waals surface area contributed by atoms with E-state index in [2.05, 4.69) is 59.0 Å². The fourth-order valence-corrected chi connectivity index (χ4v) is 4.24. The van der Waals surface area contributed by atoms with Crippen LogP contribution in [0.1, 0.15) is 39.5 Å². The Morgan fingerprint density at radius 1 is 0.879 bits per heavy atom. The summed E-state index contributed by atoms with van der Waals surface area (Å²) in [5.74, 6) is 2.82. The number of unbranched alkanes of at least 4 members (excludes halogenated alkanes) is 2. The molecule has 0 atom stereocenters. The average molecular weight is 451 g/mol. The van der Waals surface area contributed by atoms with Gasteiger partial charge >= 0.3 is 0 Å². The second-order valence-corrected chi connectivity index (χ2v) is 8.76. The molecule has 0 unspecified atom stereocenters. The number of benzene rings is 2. The number of aryl methyl sites for hydroxylation is 1. The largest absolute Gasteiger partial charge is 0.494 e. The lowest BCUT2D eigenvalue weighted by molar-refractivity contribution is 0.191. The second-order valence-electron chi connectivity index (χ2n) is 8.76. The zero-order chi connectivity index (χ0) is 22.9. The highest BCUT2D eigenvalue weighted by Crippen LogP contribution is 2.30. The minimum absolute atomic E-state index is 0.707. The van der Waals surface area contributed by atoms with Gasteiger partial charge < -0.3 is 19.4 Å². The Kier molecular flexibility index (Phi) is 8.61. The summed E-state index contributed by atoms with van der Waals surface area (Å²) in [4.78, 5) is 7.46. The summed E-state index contributed by atoms with van der Waals surface area (Å²) < 4.78 is 14.4. The Hall–Kier alpha value is -2.57. The van der Waals surface area contributed by atoms with E-state index in [4.69, 9.17) is 14.5 Å². The molecule has 1 aliphatic rings. The molecule has 178 valence electrons. The van der Waals surface area contributed by atoms with Gasteiger partial charge in [-0.1, -0.05) is 38.8 Å². The molecular weight excluding hydrogens is 412 g/mol. The van der Waals surface area contributed by atoms with E-state index < -0.39 is 0 Å². The molecule has 1 N–H and O–H groups in total. The third kappa shape index (κ3) is 6.27. The van der Waals surface area contributed by atoms with Crippen LogP contribution in [0.3, 0.4) is 0 Å². The molecule has 2 heterocycles. The van der Waals surface area contributed by atoms with Crippen molar-refractivity contribution >= 4 is 11.0 Å². The zero-order valence-electron chi connectivity index (χ0n) is 20.2. The van der Waals surface area contributed by atoms with Crippen molar-refractivity contribution in [1.29, 1.82) is 0 Å². The van der Waals surface area contributed by atoms with E-state index in [1.807, 2.05) is 12.1 Å². The molecule has 1 aromatic heterocycles. The van der Waals surface area contributed by atoms with E-state index in [9.17, 15) is 0 Å². The van der Waals surface area contributed by atoms with Crippen LogP contribution in [0.15, 0.2) is 42.5 Å². The molecule has 6 nitrogen and oxygen atoms in total. The number of piperazine rings is 1. The molecule has 6 heteroatoms. The van der Waals surface area contributed by atoms with Crippen molar-refractivity contribution in [3.63, 3.8) is 0 Å². The van der Waals surface area contributed by atoms with Crippen molar-refractivity contribution in [3.05, 3.63) is 42.5 Å². The number of aromatic nitrogens is 2. The Morgan fingerprint density at radius 3 is 2.48 bits per heavy atom. The van der Waals surface area contributed by atoms with Crippen LogP contribution >= 0.6 is 0 Å². The first-order valence-corrected chi connectivity index (χ1v) is 12.6. The van der Waals surface area contributed by atoms with Gasteiger partial charge in [0.05, 0.1) is 17.6 Å². The Morgan fingerprint density at radius 2 is 1.67 bits per heavy atom. The summed E-state index contributed by atoms with van der Waals surface area (Å²) in [5, 5.41) is 3.40. The molecule has 3 aromatic rings. The highest BCUT2D eigenvalue weighted by Gasteiger charge is 2.15. The van der Waals surface area contributed by atoms with Crippen LogP contribution in [-0.4, -0.2) is 60.4 Å². The molecule has 2 aromatic carbocycles. The van der Waals surface area contributed by atoms with Crippen molar-refractivity contribution in [2.45, 2.75) is 46.1 Å². The van der Waals surface area contributed by atoms with Gasteiger partial charge in [-0.15, -0.1) is 0 Å². The molecule has 33 heavy (non-hydrogen) atoms. The number of rotatable bonds is 12. The molecule has 0 spiro atoms. The summed E-state index contributed by atoms with van der Waals surface area (Å²) in [6.07, 6.45) is 4.45. The minimum atomic E-state index is 0.707. The molecule has 0 bridgehead atoms. The second kappa shape index (κ2) is 12.1. The molecule has 0 aliphatic carbocycles. The summed E-state index contributed by atoms with van der Waals surface area (Å²) >= 11 is 0. The number of ether oxygens (including phenoxy) is 2. The highest BCUT2D eigenvalue weighted by atomic mass is 16.5. The summed E-state index contributed by atoms with van der Waals surface area (Å²) in [6, 6.07) is 14.6. The first-order valence-electron chi connectivity index (χ1n) is 12.6. The quantitative estimate of drug-likeness (QED) is 0.395. The predicted octanol–water partition coefficient (Wildman–Crippen LogP) is 4.97. The minimum Gasteiger partial charge on any atom is -0.494 e. The van der Waals surface area contributed by atoms with Crippen molar-refractivity contribution in [1.82, 2.24) is 19.8 Å². The number of nitrogens with zero attached hydrogens (tertiary/aromatic N) is 3. The maximum absolute atomic E-state index is 6.14. The van der Waals surface area contributed by atoms with Gasteiger partial charge in [-0.3, -0.25) is 4.90 Å². The molecule has 0 radical (unpaired) electrons. The van der Waals surface area contributed by atoms with Crippen LogP contribution in [0.5, 0.6) is 11.5 Å². The van der Waals surface area contributed by atoms with Crippen LogP contribution in [0.2, 0.25) is 0 Å². The van der Waals surface area contributed by atoms with Crippen LogP contribution in [0.25, 0.3) is 22.4 Å². The topological polar surface area (TPSA) is 51.6 Å². The van der Waals surface area contributed by atoms with Gasteiger partial charge in [-0.25, -0.2) is 4.98 Å². The van der Waals surface area contributed by atoms with E-state index in [1.165, 1.54) is 0 Å². The summed E-state index contributed by atoms with van der Waals surface area (Å²) in [7, 11) is 0. The van der Waals surface area contributed by atoms with Crippen molar-refractivity contribution in [2.75, 3.05) is 45.9 Å². The number of fused-ring (bicyclic) bond motifs is 1. The molecular formula is C27H38N4O2. The molecule has 4 rings (SSSR count). The Labute approximate surface area is 197 Å². The van der Waals surface area contributed by atoms with Gasteiger partial charge in [0.25, 0.3) is 0 Å².